The molecule has 0 amide bonds. The Morgan fingerprint density at radius 3 is 1.11 bits per heavy atom. The van der Waals surface area contributed by atoms with E-state index < -0.39 is 13.9 Å². The van der Waals surface area contributed by atoms with Crippen molar-refractivity contribution in [2.24, 2.45) is 0 Å². The summed E-state index contributed by atoms with van der Waals surface area (Å²) in [5.74, 6) is 0.167. The third-order valence-corrected chi connectivity index (χ3v) is 0. The Hall–Kier alpha value is 1.63. The van der Waals surface area contributed by atoms with Gasteiger partial charge in [0.2, 0.25) is 0 Å². The summed E-state index contributed by atoms with van der Waals surface area (Å²) in [5.41, 5.74) is 0. The molecule has 0 bridgehead atoms. The van der Waals surface area contributed by atoms with E-state index in [9.17, 15) is 4.79 Å². The van der Waals surface area contributed by atoms with E-state index in [4.69, 9.17) is 35.7 Å². The molecule has 0 aliphatic carbocycles. The number of Topliss-reactive ketones (excluding diaryl/α,β-unsaturated/α-hetero) is 1. The van der Waals surface area contributed by atoms with Crippen LogP contribution in [0.2, 0.25) is 0 Å². The van der Waals surface area contributed by atoms with Gasteiger partial charge in [0, 0.05) is 0 Å². The fourth-order valence-electron chi connectivity index (χ4n) is 0. The van der Waals surface area contributed by atoms with Gasteiger partial charge in [0.1, 0.15) is 5.78 Å². The van der Waals surface area contributed by atoms with Crippen LogP contribution in [0.25, 0.3) is 0 Å². The van der Waals surface area contributed by atoms with E-state index in [1.165, 1.54) is 13.8 Å². The molecule has 0 rings (SSSR count). The van der Waals surface area contributed by atoms with E-state index in [1.807, 2.05) is 0 Å². The quantitative estimate of drug-likeness (QED) is 0.628. The van der Waals surface area contributed by atoms with Crippen LogP contribution in [0.1, 0.15) is 13.8 Å². The minimum atomic E-state index is -3.29. The molecule has 0 aromatic rings. The number of hydrogen-bond acceptors (Lipinski definition) is 1. The molecule has 6 heteroatoms. The van der Waals surface area contributed by atoms with Crippen LogP contribution < -0.4 is 0 Å². The maximum absolute atomic E-state index is 9.44. The van der Waals surface area contributed by atoms with Crippen molar-refractivity contribution in [2.75, 3.05) is 0 Å². The normalized spacial score (nSPS) is 9.56. The third-order valence-electron chi connectivity index (χ3n) is 0. The molecular formula is C3H6Cl4OSn. The molecule has 0 atom stereocenters. The van der Waals surface area contributed by atoms with Crippen LogP contribution in [0.15, 0.2) is 0 Å². The topological polar surface area (TPSA) is 17.1 Å². The number of carbonyl (C=O) groups is 1. The van der Waals surface area contributed by atoms with Crippen molar-refractivity contribution in [3.05, 3.63) is 0 Å². The van der Waals surface area contributed by atoms with Crippen molar-refractivity contribution in [3.8, 4) is 0 Å². The van der Waals surface area contributed by atoms with Crippen LogP contribution in [0, 0.1) is 0 Å². The maximum atomic E-state index is 9.44. The van der Waals surface area contributed by atoms with E-state index in [0.717, 1.165) is 0 Å². The molecule has 0 fully saturated rings. The Labute approximate surface area is 73.3 Å². The Morgan fingerprint density at radius 2 is 1.11 bits per heavy atom. The molecular weight excluding hydrogens is 313 g/mol. The molecule has 9 heavy (non-hydrogen) atoms. The summed E-state index contributed by atoms with van der Waals surface area (Å²) in [6.07, 6.45) is 0. The first-order valence-electron chi connectivity index (χ1n) is 1.96. The van der Waals surface area contributed by atoms with E-state index in [-0.39, 0.29) is 5.78 Å². The van der Waals surface area contributed by atoms with Gasteiger partial charge in [-0.15, -0.1) is 0 Å². The predicted molar refractivity (Wildman–Crippen MR) is 45.5 cm³/mol. The molecule has 1 nitrogen and oxygen atoms in total. The van der Waals surface area contributed by atoms with Gasteiger partial charge in [0.05, 0.1) is 0 Å². The number of rotatable bonds is 0. The second-order valence-electron chi connectivity index (χ2n) is 1.34. The molecule has 0 saturated heterocycles. The molecule has 0 unspecified atom stereocenters. The van der Waals surface area contributed by atoms with Crippen molar-refractivity contribution in [1.29, 1.82) is 0 Å². The van der Waals surface area contributed by atoms with Gasteiger partial charge in [-0.05, 0) is 13.8 Å². The van der Waals surface area contributed by atoms with E-state index in [2.05, 4.69) is 0 Å². The monoisotopic (exact) mass is 318 g/mol. The molecule has 56 valence electrons. The number of ketones is 1. The van der Waals surface area contributed by atoms with Crippen LogP contribution in [0.4, 0.5) is 0 Å². The van der Waals surface area contributed by atoms with Crippen LogP contribution in [-0.2, 0) is 4.79 Å². The summed E-state index contributed by atoms with van der Waals surface area (Å²) in [4.78, 5) is 9.44. The Morgan fingerprint density at radius 1 is 1.11 bits per heavy atom. The summed E-state index contributed by atoms with van der Waals surface area (Å²) in [6.45, 7) is 3.06. The van der Waals surface area contributed by atoms with Gasteiger partial charge in [0.15, 0.2) is 0 Å². The van der Waals surface area contributed by atoms with Gasteiger partial charge in [-0.1, -0.05) is 0 Å². The summed E-state index contributed by atoms with van der Waals surface area (Å²) in [5, 5.41) is 0. The van der Waals surface area contributed by atoms with Gasteiger partial charge in [-0.2, -0.15) is 0 Å². The first kappa shape index (κ1) is 13.2. The molecule has 0 aromatic carbocycles. The van der Waals surface area contributed by atoms with Crippen LogP contribution in [0.3, 0.4) is 0 Å². The molecule has 0 radical (unpaired) electrons. The third kappa shape index (κ3) is 211. The zero-order chi connectivity index (χ0) is 8.08. The van der Waals surface area contributed by atoms with E-state index in [0.29, 0.717) is 0 Å². The Balaban J connectivity index is 0. The molecule has 0 N–H and O–H groups in total. The van der Waals surface area contributed by atoms with Crippen molar-refractivity contribution in [3.63, 3.8) is 0 Å². The summed E-state index contributed by atoms with van der Waals surface area (Å²) < 4.78 is 0. The summed E-state index contributed by atoms with van der Waals surface area (Å²) in [7, 11) is 20.1. The number of hydrogen-bond donors (Lipinski definition) is 0. The van der Waals surface area contributed by atoms with Crippen molar-refractivity contribution >= 4 is 55.3 Å². The second-order valence-corrected chi connectivity index (χ2v) is 26.8. The fourth-order valence-corrected chi connectivity index (χ4v) is 0. The number of halogens is 4. The second kappa shape index (κ2) is 6.35. The number of carbonyl (C=O) groups excluding carboxylic acids is 1. The van der Waals surface area contributed by atoms with Gasteiger partial charge >= 0.3 is 49.6 Å². The zero-order valence-electron chi connectivity index (χ0n) is 4.92. The first-order chi connectivity index (χ1) is 3.73. The first-order valence-corrected chi connectivity index (χ1v) is 16.4. The van der Waals surface area contributed by atoms with Gasteiger partial charge < -0.3 is 4.79 Å². The van der Waals surface area contributed by atoms with Gasteiger partial charge in [0.25, 0.3) is 0 Å². The predicted octanol–water partition coefficient (Wildman–Crippen LogP) is 2.97. The molecule has 0 aliphatic heterocycles. The van der Waals surface area contributed by atoms with Crippen molar-refractivity contribution < 1.29 is 4.79 Å². The molecule has 0 saturated carbocycles. The van der Waals surface area contributed by atoms with Crippen molar-refractivity contribution in [1.82, 2.24) is 0 Å². The average molecular weight is 319 g/mol. The summed E-state index contributed by atoms with van der Waals surface area (Å²) >= 11 is -3.29. The SMILES string of the molecule is CC(C)=O.[Cl][Sn]([Cl])([Cl])[Cl]. The van der Waals surface area contributed by atoms with E-state index >= 15 is 0 Å². The van der Waals surface area contributed by atoms with E-state index in [1.54, 1.807) is 0 Å². The van der Waals surface area contributed by atoms with Crippen LogP contribution in [-0.4, -0.2) is 19.7 Å². The fraction of sp³-hybridized carbons (Fsp3) is 0.667. The van der Waals surface area contributed by atoms with Crippen LogP contribution >= 0.6 is 35.7 Å². The molecule has 0 aromatic heterocycles. The Kier molecular flexibility index (Phi) is 9.33. The molecule has 0 heterocycles. The van der Waals surface area contributed by atoms with Gasteiger partial charge in [-0.25, -0.2) is 0 Å². The van der Waals surface area contributed by atoms with Crippen LogP contribution in [0.5, 0.6) is 0 Å². The molecule has 0 aliphatic rings. The Bertz CT molecular complexity index is 78.3. The van der Waals surface area contributed by atoms with Gasteiger partial charge in [-0.3, -0.25) is 0 Å². The average Bonchev–Trinajstić information content (AvgIpc) is 1.19. The molecule has 0 spiro atoms. The van der Waals surface area contributed by atoms with Crippen molar-refractivity contribution in [2.45, 2.75) is 13.8 Å². The minimum absolute atomic E-state index is 0.167. The zero-order valence-corrected chi connectivity index (χ0v) is 10.8. The summed E-state index contributed by atoms with van der Waals surface area (Å²) in [6, 6.07) is 0. The standard InChI is InChI=1S/C3H6O.4ClH.Sn/c1-3(2)4;;;;;/h1-2H3;4*1H;/q;;;;;+4/p-4.